The summed E-state index contributed by atoms with van der Waals surface area (Å²) < 4.78 is 32.2. The van der Waals surface area contributed by atoms with E-state index >= 15 is 0 Å². The predicted molar refractivity (Wildman–Crippen MR) is 89.8 cm³/mol. The molecule has 0 amide bonds. The van der Waals surface area contributed by atoms with Crippen LogP contribution in [0.15, 0.2) is 29.2 Å². The summed E-state index contributed by atoms with van der Waals surface area (Å²) in [6.45, 7) is 1.21. The maximum atomic E-state index is 12.9. The number of carboxylic acids is 1. The number of esters is 1. The van der Waals surface area contributed by atoms with E-state index in [0.29, 0.717) is 10.1 Å². The van der Waals surface area contributed by atoms with Crippen molar-refractivity contribution in [2.45, 2.75) is 11.8 Å². The Hall–Kier alpha value is -1.97. The van der Waals surface area contributed by atoms with E-state index in [-0.39, 0.29) is 16.3 Å². The van der Waals surface area contributed by atoms with Crippen molar-refractivity contribution in [3.05, 3.63) is 29.1 Å². The molecule has 0 fully saturated rings. The summed E-state index contributed by atoms with van der Waals surface area (Å²) in [5.74, 6) is -2.72. The molecule has 0 radical (unpaired) electrons. The van der Waals surface area contributed by atoms with Gasteiger partial charge in [-0.3, -0.25) is 4.79 Å². The van der Waals surface area contributed by atoms with Crippen molar-refractivity contribution in [3.8, 4) is 0 Å². The SMILES string of the molecule is COC(=O)c1sc2ccccc2c1S(=O)(=O)N(C)CC(C)C(=O)O. The zero-order chi connectivity index (χ0) is 18.1. The van der Waals surface area contributed by atoms with E-state index in [1.165, 1.54) is 21.1 Å². The maximum Gasteiger partial charge on any atom is 0.349 e. The number of carboxylic acid groups (broad SMARTS) is 1. The molecule has 1 N–H and O–H groups in total. The van der Waals surface area contributed by atoms with Crippen LogP contribution >= 0.6 is 11.3 Å². The van der Waals surface area contributed by atoms with E-state index in [1.807, 2.05) is 0 Å². The van der Waals surface area contributed by atoms with Crippen LogP contribution in [0.5, 0.6) is 0 Å². The van der Waals surface area contributed by atoms with Gasteiger partial charge in [-0.05, 0) is 6.07 Å². The molecule has 2 aromatic rings. The zero-order valence-electron chi connectivity index (χ0n) is 13.3. The fourth-order valence-corrected chi connectivity index (χ4v) is 5.25. The Bertz CT molecular complexity index is 887. The van der Waals surface area contributed by atoms with E-state index in [1.54, 1.807) is 24.3 Å². The van der Waals surface area contributed by atoms with Gasteiger partial charge in [0, 0.05) is 23.7 Å². The van der Waals surface area contributed by atoms with Gasteiger partial charge in [-0.15, -0.1) is 11.3 Å². The minimum Gasteiger partial charge on any atom is -0.481 e. The number of aliphatic carboxylic acids is 1. The molecule has 24 heavy (non-hydrogen) atoms. The Morgan fingerprint density at radius 2 is 1.96 bits per heavy atom. The van der Waals surface area contributed by atoms with Gasteiger partial charge < -0.3 is 9.84 Å². The Labute approximate surface area is 143 Å². The summed E-state index contributed by atoms with van der Waals surface area (Å²) >= 11 is 1.03. The standard InChI is InChI=1S/C15H17NO6S2/c1-9(14(17)18)8-16(2)24(20,21)13-10-6-4-5-7-11(10)23-12(13)15(19)22-3/h4-7,9H,8H2,1-3H3,(H,17,18). The summed E-state index contributed by atoms with van der Waals surface area (Å²) in [4.78, 5) is 22.8. The molecule has 2 rings (SSSR count). The molecule has 0 aliphatic heterocycles. The second kappa shape index (κ2) is 6.88. The number of rotatable bonds is 6. The topological polar surface area (TPSA) is 101 Å². The van der Waals surface area contributed by atoms with Crippen LogP contribution in [0.2, 0.25) is 0 Å². The third-order valence-corrected chi connectivity index (χ3v) is 6.73. The van der Waals surface area contributed by atoms with Crippen LogP contribution in [0.3, 0.4) is 0 Å². The van der Waals surface area contributed by atoms with Gasteiger partial charge in [-0.2, -0.15) is 0 Å². The summed E-state index contributed by atoms with van der Waals surface area (Å²) in [5, 5.41) is 9.40. The smallest absolute Gasteiger partial charge is 0.349 e. The second-order valence-corrected chi connectivity index (χ2v) is 8.31. The molecule has 0 saturated carbocycles. The average Bonchev–Trinajstić information content (AvgIpc) is 2.93. The molecule has 0 aliphatic rings. The summed E-state index contributed by atoms with van der Waals surface area (Å²) in [5.41, 5.74) is 0. The van der Waals surface area contributed by atoms with Crippen molar-refractivity contribution >= 4 is 43.4 Å². The Morgan fingerprint density at radius 1 is 1.33 bits per heavy atom. The van der Waals surface area contributed by atoms with Crippen molar-refractivity contribution in [1.82, 2.24) is 4.31 Å². The molecule has 0 aliphatic carbocycles. The van der Waals surface area contributed by atoms with Crippen LogP contribution in [-0.2, 0) is 19.6 Å². The number of methoxy groups -OCH3 is 1. The Morgan fingerprint density at radius 3 is 2.54 bits per heavy atom. The molecule has 0 spiro atoms. The van der Waals surface area contributed by atoms with Gasteiger partial charge in [0.05, 0.1) is 13.0 Å². The average molecular weight is 371 g/mol. The number of fused-ring (bicyclic) bond motifs is 1. The van der Waals surface area contributed by atoms with Gasteiger partial charge in [0.15, 0.2) is 0 Å². The van der Waals surface area contributed by atoms with Crippen molar-refractivity contribution in [3.63, 3.8) is 0 Å². The van der Waals surface area contributed by atoms with Gasteiger partial charge in [-0.1, -0.05) is 25.1 Å². The first-order valence-corrected chi connectivity index (χ1v) is 9.24. The quantitative estimate of drug-likeness (QED) is 0.780. The minimum atomic E-state index is -4.06. The number of sulfonamides is 1. The highest BCUT2D eigenvalue weighted by Crippen LogP contribution is 2.36. The number of hydrogen-bond acceptors (Lipinski definition) is 6. The van der Waals surface area contributed by atoms with Crippen LogP contribution in [0.4, 0.5) is 0 Å². The van der Waals surface area contributed by atoms with Gasteiger partial charge in [0.25, 0.3) is 0 Å². The molecule has 0 bridgehead atoms. The lowest BCUT2D eigenvalue weighted by Gasteiger charge is -2.19. The molecule has 130 valence electrons. The summed E-state index contributed by atoms with van der Waals surface area (Å²) in [6.07, 6.45) is 0. The molecule has 7 nitrogen and oxygen atoms in total. The lowest BCUT2D eigenvalue weighted by Crippen LogP contribution is -2.34. The first-order chi connectivity index (χ1) is 11.2. The number of hydrogen-bond donors (Lipinski definition) is 1. The highest BCUT2D eigenvalue weighted by molar-refractivity contribution is 7.89. The lowest BCUT2D eigenvalue weighted by molar-refractivity contribution is -0.141. The highest BCUT2D eigenvalue weighted by Gasteiger charge is 2.33. The zero-order valence-corrected chi connectivity index (χ0v) is 15.0. The Balaban J connectivity index is 2.60. The van der Waals surface area contributed by atoms with E-state index in [9.17, 15) is 18.0 Å². The minimum absolute atomic E-state index is 0.0199. The van der Waals surface area contributed by atoms with Crippen molar-refractivity contribution < 1.29 is 27.9 Å². The third-order valence-electron chi connectivity index (χ3n) is 3.54. The van der Waals surface area contributed by atoms with Crippen molar-refractivity contribution in [1.29, 1.82) is 0 Å². The van der Waals surface area contributed by atoms with Gasteiger partial charge in [0.1, 0.15) is 9.77 Å². The third kappa shape index (κ3) is 3.28. The van der Waals surface area contributed by atoms with E-state index in [2.05, 4.69) is 0 Å². The highest BCUT2D eigenvalue weighted by atomic mass is 32.2. The fourth-order valence-electron chi connectivity index (χ4n) is 2.22. The normalized spacial score (nSPS) is 13.2. The Kier molecular flexibility index (Phi) is 5.26. The predicted octanol–water partition coefficient (Wildman–Crippen LogP) is 2.03. The molecule has 0 saturated heterocycles. The number of carbonyl (C=O) groups is 2. The fraction of sp³-hybridized carbons (Fsp3) is 0.333. The largest absolute Gasteiger partial charge is 0.481 e. The molecule has 9 heteroatoms. The number of thiophene rings is 1. The first-order valence-electron chi connectivity index (χ1n) is 6.99. The van der Waals surface area contributed by atoms with Crippen LogP contribution in [0.1, 0.15) is 16.6 Å². The molecule has 1 aromatic carbocycles. The molecule has 1 atom stereocenters. The number of nitrogens with zero attached hydrogens (tertiary/aromatic N) is 1. The lowest BCUT2D eigenvalue weighted by atomic mass is 10.2. The summed E-state index contributed by atoms with van der Waals surface area (Å²) in [7, 11) is -1.58. The molecular weight excluding hydrogens is 354 g/mol. The maximum absolute atomic E-state index is 12.9. The number of carbonyl (C=O) groups excluding carboxylic acids is 1. The molecular formula is C15H17NO6S2. The van der Waals surface area contributed by atoms with Gasteiger partial charge in [-0.25, -0.2) is 17.5 Å². The van der Waals surface area contributed by atoms with Gasteiger partial charge >= 0.3 is 11.9 Å². The summed E-state index contributed by atoms with van der Waals surface area (Å²) in [6, 6.07) is 6.74. The van der Waals surface area contributed by atoms with Crippen molar-refractivity contribution in [2.24, 2.45) is 5.92 Å². The first kappa shape index (κ1) is 18.4. The second-order valence-electron chi connectivity index (χ2n) is 5.27. The molecule has 1 aromatic heterocycles. The number of ether oxygens (including phenoxy) is 1. The van der Waals surface area contributed by atoms with Gasteiger partial charge in [0.2, 0.25) is 10.0 Å². The van der Waals surface area contributed by atoms with E-state index in [0.717, 1.165) is 15.6 Å². The monoisotopic (exact) mass is 371 g/mol. The number of benzene rings is 1. The van der Waals surface area contributed by atoms with Crippen LogP contribution < -0.4 is 0 Å². The van der Waals surface area contributed by atoms with Crippen LogP contribution in [-0.4, -0.2) is 50.5 Å². The molecule has 1 heterocycles. The van der Waals surface area contributed by atoms with Crippen LogP contribution in [0.25, 0.3) is 10.1 Å². The van der Waals surface area contributed by atoms with Crippen molar-refractivity contribution in [2.75, 3.05) is 20.7 Å². The van der Waals surface area contributed by atoms with Crippen LogP contribution in [0, 0.1) is 5.92 Å². The van der Waals surface area contributed by atoms with E-state index in [4.69, 9.17) is 9.84 Å². The van der Waals surface area contributed by atoms with E-state index < -0.39 is 27.9 Å². The molecule has 1 unspecified atom stereocenters.